The van der Waals surface area contributed by atoms with Gasteiger partial charge in [0.25, 0.3) is 5.91 Å². The summed E-state index contributed by atoms with van der Waals surface area (Å²) in [7, 11) is 2.15. The maximum atomic E-state index is 12.7. The minimum Gasteiger partial charge on any atom is -0.388 e. The molecule has 27 heavy (non-hydrogen) atoms. The molecule has 1 unspecified atom stereocenters. The third-order valence-electron chi connectivity index (χ3n) is 6.01. The number of nitrogens with one attached hydrogen (secondary N) is 1. The van der Waals surface area contributed by atoms with Crippen LogP contribution in [0.4, 0.5) is 0 Å². The molecule has 0 bridgehead atoms. The molecule has 4 nitrogen and oxygen atoms in total. The van der Waals surface area contributed by atoms with Crippen molar-refractivity contribution in [3.8, 4) is 11.1 Å². The third-order valence-corrected chi connectivity index (χ3v) is 6.01. The monoisotopic (exact) mass is 364 g/mol. The third kappa shape index (κ3) is 3.52. The van der Waals surface area contributed by atoms with Gasteiger partial charge < -0.3 is 15.3 Å². The van der Waals surface area contributed by atoms with E-state index in [0.29, 0.717) is 11.8 Å². The largest absolute Gasteiger partial charge is 0.388 e. The maximum Gasteiger partial charge on any atom is 0.251 e. The van der Waals surface area contributed by atoms with E-state index >= 15 is 0 Å². The van der Waals surface area contributed by atoms with Crippen LogP contribution in [0.5, 0.6) is 0 Å². The fourth-order valence-corrected chi connectivity index (χ4v) is 4.59. The average Bonchev–Trinajstić information content (AvgIpc) is 3.01. The highest BCUT2D eigenvalue weighted by atomic mass is 16.3. The number of rotatable bonds is 4. The first-order chi connectivity index (χ1) is 13.1. The molecule has 4 heteroatoms. The summed E-state index contributed by atoms with van der Waals surface area (Å²) in [5.74, 6) is 0.931. The van der Waals surface area contributed by atoms with E-state index in [1.54, 1.807) is 0 Å². The number of nitrogens with zero attached hydrogens (tertiary/aromatic N) is 1. The molecule has 2 aliphatic heterocycles. The lowest BCUT2D eigenvalue weighted by atomic mass is 9.86. The van der Waals surface area contributed by atoms with Crippen LogP contribution in [0.25, 0.3) is 11.1 Å². The fourth-order valence-electron chi connectivity index (χ4n) is 4.59. The number of amides is 1. The topological polar surface area (TPSA) is 52.6 Å². The van der Waals surface area contributed by atoms with E-state index in [9.17, 15) is 9.90 Å². The van der Waals surface area contributed by atoms with E-state index in [1.807, 2.05) is 30.3 Å². The van der Waals surface area contributed by atoms with E-state index in [4.69, 9.17) is 0 Å². The van der Waals surface area contributed by atoms with Gasteiger partial charge in [-0.15, -0.1) is 0 Å². The van der Waals surface area contributed by atoms with Crippen molar-refractivity contribution in [2.45, 2.75) is 31.8 Å². The highest BCUT2D eigenvalue weighted by Gasteiger charge is 2.36. The number of fused-ring (bicyclic) bond motifs is 3. The van der Waals surface area contributed by atoms with Crippen LogP contribution in [-0.2, 0) is 0 Å². The zero-order valence-electron chi connectivity index (χ0n) is 16.1. The molecule has 4 rings (SSSR count). The number of aliphatic hydroxyl groups is 1. The molecule has 2 aromatic rings. The zero-order valence-corrected chi connectivity index (χ0v) is 16.1. The van der Waals surface area contributed by atoms with E-state index in [-0.39, 0.29) is 5.91 Å². The van der Waals surface area contributed by atoms with Gasteiger partial charge in [-0.1, -0.05) is 43.7 Å². The van der Waals surface area contributed by atoms with Gasteiger partial charge in [0.05, 0.1) is 6.10 Å². The smallest absolute Gasteiger partial charge is 0.251 e. The normalized spacial score (nSPS) is 23.3. The second kappa shape index (κ2) is 7.45. The lowest BCUT2D eigenvalue weighted by molar-refractivity contribution is 0.0951. The van der Waals surface area contributed by atoms with Crippen molar-refractivity contribution in [2.75, 3.05) is 26.7 Å². The van der Waals surface area contributed by atoms with Gasteiger partial charge in [0.1, 0.15) is 0 Å². The maximum absolute atomic E-state index is 12.7. The minimum atomic E-state index is -0.436. The van der Waals surface area contributed by atoms with Crippen LogP contribution < -0.4 is 5.32 Å². The Bertz CT molecular complexity index is 848. The average molecular weight is 364 g/mol. The summed E-state index contributed by atoms with van der Waals surface area (Å²) in [5.41, 5.74) is 4.98. The van der Waals surface area contributed by atoms with Gasteiger partial charge in [0.15, 0.2) is 0 Å². The molecule has 0 radical (unpaired) electrons. The Morgan fingerprint density at radius 1 is 1.19 bits per heavy atom. The van der Waals surface area contributed by atoms with Gasteiger partial charge >= 0.3 is 0 Å². The molecule has 1 fully saturated rings. The highest BCUT2D eigenvalue weighted by Crippen LogP contribution is 2.37. The van der Waals surface area contributed by atoms with Crippen molar-refractivity contribution in [1.29, 1.82) is 0 Å². The Labute approximate surface area is 161 Å². The van der Waals surface area contributed by atoms with Crippen molar-refractivity contribution in [3.05, 3.63) is 59.2 Å². The molecule has 0 saturated carbocycles. The van der Waals surface area contributed by atoms with Crippen molar-refractivity contribution in [2.24, 2.45) is 5.92 Å². The molecule has 2 heterocycles. The minimum absolute atomic E-state index is 0.0334. The molecular weight excluding hydrogens is 336 g/mol. The van der Waals surface area contributed by atoms with Gasteiger partial charge in [-0.25, -0.2) is 0 Å². The van der Waals surface area contributed by atoms with Gasteiger partial charge in [0.2, 0.25) is 0 Å². The first-order valence-electron chi connectivity index (χ1n) is 9.96. The molecular formula is C23H28N2O2. The van der Waals surface area contributed by atoms with Crippen LogP contribution in [0.1, 0.15) is 53.3 Å². The number of hydrogen-bond acceptors (Lipinski definition) is 3. The number of hydrogen-bond donors (Lipinski definition) is 2. The van der Waals surface area contributed by atoms with Crippen LogP contribution in [0.2, 0.25) is 0 Å². The van der Waals surface area contributed by atoms with Crippen LogP contribution in [-0.4, -0.2) is 42.6 Å². The van der Waals surface area contributed by atoms with Crippen molar-refractivity contribution in [1.82, 2.24) is 10.2 Å². The second-order valence-electron chi connectivity index (χ2n) is 8.03. The summed E-state index contributed by atoms with van der Waals surface area (Å²) in [5, 5.41) is 13.4. The lowest BCUT2D eigenvalue weighted by Crippen LogP contribution is -2.29. The van der Waals surface area contributed by atoms with E-state index < -0.39 is 6.10 Å². The SMILES string of the molecule is CCCC(O)c1cccc(-c2ccc3c(c2)C(=O)NC[C@H]2CN(C)C[C@H]32)c1. The van der Waals surface area contributed by atoms with Crippen molar-refractivity contribution >= 4 is 5.91 Å². The molecule has 0 spiro atoms. The van der Waals surface area contributed by atoms with E-state index in [0.717, 1.165) is 54.7 Å². The van der Waals surface area contributed by atoms with Crippen LogP contribution in [0.3, 0.4) is 0 Å². The Hall–Kier alpha value is -2.17. The van der Waals surface area contributed by atoms with Crippen LogP contribution in [0, 0.1) is 5.92 Å². The van der Waals surface area contributed by atoms with Gasteiger partial charge in [-0.05, 0) is 53.8 Å². The molecule has 2 N–H and O–H groups in total. The summed E-state index contributed by atoms with van der Waals surface area (Å²) in [6.07, 6.45) is 1.27. The Morgan fingerprint density at radius 2 is 2.00 bits per heavy atom. The van der Waals surface area contributed by atoms with Gasteiger partial charge in [-0.3, -0.25) is 4.79 Å². The Kier molecular flexibility index (Phi) is 5.02. The lowest BCUT2D eigenvalue weighted by Gasteiger charge is -2.17. The molecule has 0 aromatic heterocycles. The van der Waals surface area contributed by atoms with E-state index in [2.05, 4.69) is 36.3 Å². The second-order valence-corrected chi connectivity index (χ2v) is 8.03. The van der Waals surface area contributed by atoms with Gasteiger partial charge in [0, 0.05) is 31.1 Å². The molecule has 2 aliphatic rings. The Morgan fingerprint density at radius 3 is 2.81 bits per heavy atom. The first-order valence-corrected chi connectivity index (χ1v) is 9.96. The summed E-state index contributed by atoms with van der Waals surface area (Å²) in [4.78, 5) is 15.0. The summed E-state index contributed by atoms with van der Waals surface area (Å²) in [6.45, 7) is 4.86. The molecule has 1 saturated heterocycles. The van der Waals surface area contributed by atoms with Crippen molar-refractivity contribution in [3.63, 3.8) is 0 Å². The number of likely N-dealkylation sites (tertiary alicyclic amines) is 1. The summed E-state index contributed by atoms with van der Waals surface area (Å²) >= 11 is 0. The number of likely N-dealkylation sites (N-methyl/N-ethyl adjacent to an activating group) is 1. The first kappa shape index (κ1) is 18.2. The molecule has 0 aliphatic carbocycles. The molecule has 1 amide bonds. The van der Waals surface area contributed by atoms with Crippen LogP contribution >= 0.6 is 0 Å². The predicted octanol–water partition coefficient (Wildman–Crippen LogP) is 3.58. The van der Waals surface area contributed by atoms with Crippen LogP contribution in [0.15, 0.2) is 42.5 Å². The zero-order chi connectivity index (χ0) is 19.0. The van der Waals surface area contributed by atoms with Crippen molar-refractivity contribution < 1.29 is 9.90 Å². The van der Waals surface area contributed by atoms with E-state index in [1.165, 1.54) is 5.56 Å². The number of carbonyl (C=O) groups is 1. The Balaban J connectivity index is 1.71. The van der Waals surface area contributed by atoms with Gasteiger partial charge in [-0.2, -0.15) is 0 Å². The number of aliphatic hydroxyl groups excluding tert-OH is 1. The standard InChI is InChI=1S/C23H28N2O2/c1-3-5-22(26)17-7-4-6-15(10-17)16-8-9-19-20(11-16)23(27)24-12-18-13-25(2)14-21(18)19/h4,6-11,18,21-22,26H,3,5,12-14H2,1-2H3,(H,24,27)/t18-,21-,22?/m0/s1. The predicted molar refractivity (Wildman–Crippen MR) is 108 cm³/mol. The number of carbonyl (C=O) groups excluding carboxylic acids is 1. The quantitative estimate of drug-likeness (QED) is 0.872. The molecule has 2 aromatic carbocycles. The molecule has 3 atom stereocenters. The number of benzene rings is 2. The molecule has 142 valence electrons. The summed E-state index contributed by atoms with van der Waals surface area (Å²) < 4.78 is 0. The summed E-state index contributed by atoms with van der Waals surface area (Å²) in [6, 6.07) is 14.3. The highest BCUT2D eigenvalue weighted by molar-refractivity contribution is 5.97. The fraction of sp³-hybridized carbons (Fsp3) is 0.435.